The largest absolute Gasteiger partial charge is 0.411 e. The van der Waals surface area contributed by atoms with Gasteiger partial charge in [-0.1, -0.05) is 23.4 Å². The van der Waals surface area contributed by atoms with E-state index in [2.05, 4.69) is 11.7 Å². The van der Waals surface area contributed by atoms with Gasteiger partial charge in [-0.2, -0.15) is 0 Å². The molecule has 1 aliphatic carbocycles. The molecule has 66 valence electrons. The Morgan fingerprint density at radius 1 is 1.92 bits per heavy atom. The van der Waals surface area contributed by atoms with Crippen LogP contribution in [0.2, 0.25) is 0 Å². The van der Waals surface area contributed by atoms with Crippen LogP contribution in [-0.2, 0) is 0 Å². The van der Waals surface area contributed by atoms with Gasteiger partial charge in [-0.3, -0.25) is 0 Å². The van der Waals surface area contributed by atoms with Crippen LogP contribution in [0.3, 0.4) is 0 Å². The molecule has 0 radical (unpaired) electrons. The van der Waals surface area contributed by atoms with Crippen LogP contribution in [0.1, 0.15) is 28.0 Å². The third-order valence-electron chi connectivity index (χ3n) is 2.30. The minimum absolute atomic E-state index is 0.260. The molecule has 1 aliphatic rings. The first-order chi connectivity index (χ1) is 6.19. The zero-order chi connectivity index (χ0) is 9.84. The van der Waals surface area contributed by atoms with E-state index in [0.717, 1.165) is 29.7 Å². The van der Waals surface area contributed by atoms with Crippen molar-refractivity contribution in [2.75, 3.05) is 0 Å². The van der Waals surface area contributed by atoms with Crippen LogP contribution in [0.25, 0.3) is 0 Å². The van der Waals surface area contributed by atoms with Crippen LogP contribution in [0.4, 0.5) is 0 Å². The van der Waals surface area contributed by atoms with E-state index in [9.17, 15) is 0 Å². The van der Waals surface area contributed by atoms with Gasteiger partial charge in [0.15, 0.2) is 0 Å². The number of hydrogen-bond acceptors (Lipinski definition) is 2. The van der Waals surface area contributed by atoms with E-state index in [1.807, 2.05) is 13.0 Å². The first kappa shape index (κ1) is 7.59. The second kappa shape index (κ2) is 3.57. The number of nitrogens with zero attached hydrogens (tertiary/aromatic N) is 1. The second-order valence-electron chi connectivity index (χ2n) is 3.23. The summed E-state index contributed by atoms with van der Waals surface area (Å²) in [5.74, 6) is 0.284. The van der Waals surface area contributed by atoms with E-state index < -0.39 is 0 Å². The molecule has 0 fully saturated rings. The number of rotatable bonds is 1. The first-order valence-electron chi connectivity index (χ1n) is 4.74. The van der Waals surface area contributed by atoms with Gasteiger partial charge in [-0.25, -0.2) is 0 Å². The number of hydrogen-bond donors (Lipinski definition) is 1. The third-order valence-corrected chi connectivity index (χ3v) is 2.30. The van der Waals surface area contributed by atoms with E-state index in [0.29, 0.717) is 0 Å². The van der Waals surface area contributed by atoms with Crippen LogP contribution in [0.15, 0.2) is 29.0 Å². The van der Waals surface area contributed by atoms with Crippen molar-refractivity contribution in [2.45, 2.75) is 26.7 Å². The normalized spacial score (nSPS) is 28.1. The van der Waals surface area contributed by atoms with Gasteiger partial charge >= 0.3 is 0 Å². The maximum absolute atomic E-state index is 8.70. The molecular weight excluding hydrogens is 150 g/mol. The summed E-state index contributed by atoms with van der Waals surface area (Å²) in [7, 11) is 0. The fraction of sp³-hybridized carbons (Fsp3) is 0.500. The number of oxime groups is 1. The summed E-state index contributed by atoms with van der Waals surface area (Å²) in [6.07, 6.45) is 3.68. The lowest BCUT2D eigenvalue weighted by Crippen LogP contribution is -2.15. The summed E-state index contributed by atoms with van der Waals surface area (Å²) in [6.45, 7) is 6.04. The Morgan fingerprint density at radius 3 is 3.25 bits per heavy atom. The lowest BCUT2D eigenvalue weighted by molar-refractivity contribution is 0.316. The maximum Gasteiger partial charge on any atom is 0.0827 e. The molecule has 0 unspecified atom stereocenters. The van der Waals surface area contributed by atoms with Crippen LogP contribution in [0.5, 0.6) is 0 Å². The van der Waals surface area contributed by atoms with Crippen molar-refractivity contribution >= 4 is 5.71 Å². The molecule has 0 aliphatic heterocycles. The molecule has 0 saturated carbocycles. The van der Waals surface area contributed by atoms with Crippen LogP contribution in [-0.4, -0.2) is 10.9 Å². The van der Waals surface area contributed by atoms with Gasteiger partial charge in [0, 0.05) is 7.79 Å². The standard InChI is InChI=1S/C10H15NO/c1-7(2)9-5-4-8(3)10(6-9)11-12/h4,9,12H,1,5-6H2,2-3H3/b11-10+/t9-/m1/s1/i2T. The average Bonchev–Trinajstić information content (AvgIpc) is 2.17. The minimum Gasteiger partial charge on any atom is -0.411 e. The van der Waals surface area contributed by atoms with Gasteiger partial charge in [-0.05, 0) is 31.7 Å². The fourth-order valence-corrected chi connectivity index (χ4v) is 1.35. The summed E-state index contributed by atoms with van der Waals surface area (Å²) in [5.41, 5.74) is 2.69. The van der Waals surface area contributed by atoms with Crippen LogP contribution in [0, 0.1) is 5.92 Å². The molecule has 0 aromatic rings. The molecule has 1 N–H and O–H groups in total. The Hall–Kier alpha value is -1.05. The number of allylic oxidation sites excluding steroid dienone is 3. The molecule has 1 atom stereocenters. The molecule has 2 nitrogen and oxygen atoms in total. The summed E-state index contributed by atoms with van der Waals surface area (Å²) in [6, 6.07) is 0. The topological polar surface area (TPSA) is 32.6 Å². The highest BCUT2D eigenvalue weighted by molar-refractivity contribution is 6.00. The van der Waals surface area contributed by atoms with Gasteiger partial charge < -0.3 is 5.21 Å². The van der Waals surface area contributed by atoms with Gasteiger partial charge in [0.05, 0.1) is 5.71 Å². The molecule has 0 heterocycles. The van der Waals surface area contributed by atoms with Gasteiger partial charge in [0.2, 0.25) is 0 Å². The molecule has 0 aromatic carbocycles. The molecule has 0 amide bonds. The van der Waals surface area contributed by atoms with Crippen molar-refractivity contribution in [1.82, 2.24) is 0 Å². The Morgan fingerprint density at radius 2 is 2.67 bits per heavy atom. The molecule has 1 rings (SSSR count). The van der Waals surface area contributed by atoms with Gasteiger partial charge in [0.1, 0.15) is 0 Å². The summed E-state index contributed by atoms with van der Waals surface area (Å²) < 4.78 is 7.20. The second-order valence-corrected chi connectivity index (χ2v) is 3.23. The summed E-state index contributed by atoms with van der Waals surface area (Å²) >= 11 is 0. The quantitative estimate of drug-likeness (QED) is 0.363. The van der Waals surface area contributed by atoms with Gasteiger partial charge in [-0.15, -0.1) is 0 Å². The minimum atomic E-state index is 0.260. The Balaban J connectivity index is 2.73. The van der Waals surface area contributed by atoms with Crippen molar-refractivity contribution in [3.05, 3.63) is 23.8 Å². The van der Waals surface area contributed by atoms with Crippen LogP contribution >= 0.6 is 0 Å². The molecule has 12 heavy (non-hydrogen) atoms. The monoisotopic (exact) mass is 167 g/mol. The zero-order valence-electron chi connectivity index (χ0n) is 8.38. The predicted molar refractivity (Wildman–Crippen MR) is 50.5 cm³/mol. The van der Waals surface area contributed by atoms with Crippen molar-refractivity contribution in [3.8, 4) is 0 Å². The Kier molecular flexibility index (Phi) is 2.26. The van der Waals surface area contributed by atoms with E-state index >= 15 is 0 Å². The lowest BCUT2D eigenvalue weighted by Gasteiger charge is -2.21. The molecule has 0 bridgehead atoms. The van der Waals surface area contributed by atoms with E-state index in [1.165, 1.54) is 0 Å². The first-order valence-corrected chi connectivity index (χ1v) is 4.04. The van der Waals surface area contributed by atoms with Crippen LogP contribution < -0.4 is 0 Å². The fourth-order valence-electron chi connectivity index (χ4n) is 1.35. The molecule has 2 heteroatoms. The summed E-state index contributed by atoms with van der Waals surface area (Å²) in [5, 5.41) is 11.9. The van der Waals surface area contributed by atoms with Gasteiger partial charge in [0.25, 0.3) is 0 Å². The maximum atomic E-state index is 8.70. The summed E-state index contributed by atoms with van der Waals surface area (Å²) in [4.78, 5) is 0. The van der Waals surface area contributed by atoms with Crippen molar-refractivity contribution in [2.24, 2.45) is 11.1 Å². The lowest BCUT2D eigenvalue weighted by atomic mass is 9.85. The van der Waals surface area contributed by atoms with E-state index in [-0.39, 0.29) is 12.8 Å². The SMILES string of the molecule is [3H]CC(=C)[C@@H]1CC=C(C)/C(=N/O)C1. The zero-order valence-corrected chi connectivity index (χ0v) is 7.38. The highest BCUT2D eigenvalue weighted by Gasteiger charge is 2.18. The van der Waals surface area contributed by atoms with Crippen molar-refractivity contribution in [1.29, 1.82) is 0 Å². The van der Waals surface area contributed by atoms with E-state index in [1.54, 1.807) is 0 Å². The van der Waals surface area contributed by atoms with E-state index in [4.69, 9.17) is 6.58 Å². The molecular formula is C10H15NO. The molecule has 0 spiro atoms. The predicted octanol–water partition coefficient (Wildman–Crippen LogP) is 2.75. The highest BCUT2D eigenvalue weighted by atomic mass is 16.4. The molecule has 0 aromatic heterocycles. The van der Waals surface area contributed by atoms with Crippen molar-refractivity contribution in [3.63, 3.8) is 0 Å². The highest BCUT2D eigenvalue weighted by Crippen LogP contribution is 2.26. The Bertz CT molecular complexity index is 268. The average molecular weight is 167 g/mol. The molecule has 0 saturated heterocycles. The van der Waals surface area contributed by atoms with Crippen molar-refractivity contribution < 1.29 is 6.58 Å². The third kappa shape index (κ3) is 1.76. The smallest absolute Gasteiger partial charge is 0.0827 e. The Labute approximate surface area is 74.7 Å².